The van der Waals surface area contributed by atoms with Crippen molar-refractivity contribution in [3.63, 3.8) is 0 Å². The van der Waals surface area contributed by atoms with E-state index in [-0.39, 0.29) is 19.1 Å². The second-order valence-electron chi connectivity index (χ2n) is 6.64. The first kappa shape index (κ1) is 20.2. The number of nitrogens with zero attached hydrogens (tertiary/aromatic N) is 1. The Kier molecular flexibility index (Phi) is 6.13. The Balaban J connectivity index is 2.03. The molecule has 1 aliphatic heterocycles. The van der Waals surface area contributed by atoms with Crippen LogP contribution in [0, 0.1) is 5.92 Å². The van der Waals surface area contributed by atoms with Crippen LogP contribution in [-0.4, -0.2) is 50.2 Å². The van der Waals surface area contributed by atoms with E-state index >= 15 is 0 Å². The first-order chi connectivity index (χ1) is 11.5. The largest absolute Gasteiger partial charge is 0.417 e. The van der Waals surface area contributed by atoms with E-state index in [1.165, 1.54) is 6.07 Å². The van der Waals surface area contributed by atoms with Crippen LogP contribution in [0.3, 0.4) is 0 Å². The maximum absolute atomic E-state index is 13.0. The SMILES string of the molecule is CC1CC(C)N(CC(O)CNS(=O)(=O)c2ccccc2C(F)(F)F)C1. The molecule has 3 unspecified atom stereocenters. The number of aliphatic hydroxyl groups excluding tert-OH is 1. The molecule has 1 fully saturated rings. The predicted octanol–water partition coefficient (Wildman–Crippen LogP) is 2.07. The number of β-amino-alcohol motifs (C(OH)–C–C–N with tert-alkyl or cyclic N) is 1. The van der Waals surface area contributed by atoms with Gasteiger partial charge < -0.3 is 5.11 Å². The topological polar surface area (TPSA) is 69.6 Å². The highest BCUT2D eigenvalue weighted by atomic mass is 32.2. The molecule has 0 bridgehead atoms. The van der Waals surface area contributed by atoms with Crippen molar-refractivity contribution in [2.75, 3.05) is 19.6 Å². The number of nitrogens with one attached hydrogen (secondary N) is 1. The van der Waals surface area contributed by atoms with Crippen LogP contribution >= 0.6 is 0 Å². The molecule has 0 aromatic heterocycles. The number of benzene rings is 1. The zero-order valence-corrected chi connectivity index (χ0v) is 14.9. The second-order valence-corrected chi connectivity index (χ2v) is 8.38. The molecule has 1 aromatic rings. The molecule has 1 heterocycles. The van der Waals surface area contributed by atoms with Gasteiger partial charge in [0.1, 0.15) is 0 Å². The van der Waals surface area contributed by atoms with Gasteiger partial charge in [0.2, 0.25) is 10.0 Å². The normalized spacial score (nSPS) is 23.8. The first-order valence-electron chi connectivity index (χ1n) is 8.08. The molecule has 0 spiro atoms. The zero-order valence-electron chi connectivity index (χ0n) is 14.1. The van der Waals surface area contributed by atoms with Gasteiger partial charge in [0.05, 0.1) is 16.6 Å². The Morgan fingerprint density at radius 1 is 1.32 bits per heavy atom. The molecular formula is C16H23F3N2O3S. The van der Waals surface area contributed by atoms with Crippen molar-refractivity contribution < 1.29 is 26.7 Å². The van der Waals surface area contributed by atoms with Gasteiger partial charge in [-0.25, -0.2) is 13.1 Å². The Bertz CT molecular complexity index is 694. The second kappa shape index (κ2) is 7.61. The van der Waals surface area contributed by atoms with Crippen LogP contribution in [0.1, 0.15) is 25.8 Å². The first-order valence-corrected chi connectivity index (χ1v) is 9.57. The minimum Gasteiger partial charge on any atom is -0.390 e. The summed E-state index contributed by atoms with van der Waals surface area (Å²) in [4.78, 5) is 1.21. The maximum Gasteiger partial charge on any atom is 0.417 e. The fraction of sp³-hybridized carbons (Fsp3) is 0.625. The lowest BCUT2D eigenvalue weighted by atomic mass is 10.1. The molecule has 2 rings (SSSR count). The number of halogens is 3. The number of aliphatic hydroxyl groups is 1. The van der Waals surface area contributed by atoms with Crippen LogP contribution in [0.25, 0.3) is 0 Å². The number of rotatable bonds is 6. The van der Waals surface area contributed by atoms with E-state index < -0.39 is 32.8 Å². The number of alkyl halides is 3. The monoisotopic (exact) mass is 380 g/mol. The van der Waals surface area contributed by atoms with Crippen molar-refractivity contribution in [2.24, 2.45) is 5.92 Å². The Morgan fingerprint density at radius 3 is 2.52 bits per heavy atom. The van der Waals surface area contributed by atoms with Gasteiger partial charge in [-0.05, 0) is 31.4 Å². The third kappa shape index (κ3) is 5.16. The molecule has 1 aliphatic rings. The molecule has 0 radical (unpaired) electrons. The van der Waals surface area contributed by atoms with Crippen LogP contribution in [0.15, 0.2) is 29.2 Å². The summed E-state index contributed by atoms with van der Waals surface area (Å²) >= 11 is 0. The van der Waals surface area contributed by atoms with Crippen molar-refractivity contribution >= 4 is 10.0 Å². The predicted molar refractivity (Wildman–Crippen MR) is 87.5 cm³/mol. The van der Waals surface area contributed by atoms with E-state index in [9.17, 15) is 26.7 Å². The van der Waals surface area contributed by atoms with Crippen LogP contribution in [0.5, 0.6) is 0 Å². The Hall–Kier alpha value is -1.16. The quantitative estimate of drug-likeness (QED) is 0.793. The molecule has 5 nitrogen and oxygen atoms in total. The van der Waals surface area contributed by atoms with Crippen LogP contribution in [0.2, 0.25) is 0 Å². The molecule has 1 saturated heterocycles. The standard InChI is InChI=1S/C16H23F3N2O3S/c1-11-7-12(2)21(9-11)10-13(22)8-20-25(23,24)15-6-4-3-5-14(15)16(17,18)19/h3-6,11-13,20,22H,7-10H2,1-2H3. The van der Waals surface area contributed by atoms with E-state index in [0.717, 1.165) is 31.2 Å². The van der Waals surface area contributed by atoms with Crippen LogP contribution in [0.4, 0.5) is 13.2 Å². The van der Waals surface area contributed by atoms with Gasteiger partial charge in [-0.2, -0.15) is 13.2 Å². The average Bonchev–Trinajstić information content (AvgIpc) is 2.82. The summed E-state index contributed by atoms with van der Waals surface area (Å²) in [5.41, 5.74) is -1.22. The summed E-state index contributed by atoms with van der Waals surface area (Å²) < 4.78 is 65.5. The smallest absolute Gasteiger partial charge is 0.390 e. The van der Waals surface area contributed by atoms with Gasteiger partial charge in [-0.3, -0.25) is 4.90 Å². The number of likely N-dealkylation sites (tertiary alicyclic amines) is 1. The lowest BCUT2D eigenvalue weighted by Gasteiger charge is -2.24. The van der Waals surface area contributed by atoms with Gasteiger partial charge in [0, 0.05) is 25.7 Å². The van der Waals surface area contributed by atoms with Gasteiger partial charge in [0.25, 0.3) is 0 Å². The molecule has 0 aliphatic carbocycles. The fourth-order valence-corrected chi connectivity index (χ4v) is 4.49. The highest BCUT2D eigenvalue weighted by molar-refractivity contribution is 7.89. The van der Waals surface area contributed by atoms with E-state index in [2.05, 4.69) is 11.6 Å². The summed E-state index contributed by atoms with van der Waals surface area (Å²) in [6.45, 7) is 4.86. The van der Waals surface area contributed by atoms with Crippen molar-refractivity contribution in [3.8, 4) is 0 Å². The van der Waals surface area contributed by atoms with Gasteiger partial charge in [-0.1, -0.05) is 19.1 Å². The molecule has 0 saturated carbocycles. The minimum absolute atomic E-state index is 0.273. The molecule has 0 amide bonds. The highest BCUT2D eigenvalue weighted by Gasteiger charge is 2.37. The molecule has 9 heteroatoms. The van der Waals surface area contributed by atoms with Crippen molar-refractivity contribution in [1.29, 1.82) is 0 Å². The molecule has 3 atom stereocenters. The number of hydrogen-bond acceptors (Lipinski definition) is 4. The summed E-state index contributed by atoms with van der Waals surface area (Å²) in [5, 5.41) is 10.1. The van der Waals surface area contributed by atoms with Crippen LogP contribution < -0.4 is 4.72 Å². The Labute approximate surface area is 145 Å². The maximum atomic E-state index is 13.0. The van der Waals surface area contributed by atoms with Crippen molar-refractivity contribution in [1.82, 2.24) is 9.62 Å². The third-order valence-electron chi connectivity index (χ3n) is 4.35. The average molecular weight is 380 g/mol. The third-order valence-corrected chi connectivity index (χ3v) is 5.83. The Morgan fingerprint density at radius 2 is 1.96 bits per heavy atom. The number of sulfonamides is 1. The lowest BCUT2D eigenvalue weighted by Crippen LogP contribution is -2.41. The van der Waals surface area contributed by atoms with Crippen LogP contribution in [-0.2, 0) is 16.2 Å². The van der Waals surface area contributed by atoms with E-state index in [1.54, 1.807) is 0 Å². The van der Waals surface area contributed by atoms with Gasteiger partial charge >= 0.3 is 6.18 Å². The molecule has 25 heavy (non-hydrogen) atoms. The molecule has 1 aromatic carbocycles. The van der Waals surface area contributed by atoms with Gasteiger partial charge in [0.15, 0.2) is 0 Å². The molecule has 2 N–H and O–H groups in total. The van der Waals surface area contributed by atoms with Gasteiger partial charge in [-0.15, -0.1) is 0 Å². The summed E-state index contributed by atoms with van der Waals surface area (Å²) in [7, 11) is -4.38. The summed E-state index contributed by atoms with van der Waals surface area (Å²) in [6, 6.07) is 4.27. The zero-order chi connectivity index (χ0) is 18.8. The highest BCUT2D eigenvalue weighted by Crippen LogP contribution is 2.33. The van der Waals surface area contributed by atoms with E-state index in [1.807, 2.05) is 11.8 Å². The minimum atomic E-state index is -4.77. The van der Waals surface area contributed by atoms with E-state index in [4.69, 9.17) is 0 Å². The summed E-state index contributed by atoms with van der Waals surface area (Å²) in [5.74, 6) is 0.498. The molecular weight excluding hydrogens is 357 g/mol. The van der Waals surface area contributed by atoms with Crippen molar-refractivity contribution in [2.45, 2.75) is 43.5 Å². The van der Waals surface area contributed by atoms with Crippen molar-refractivity contribution in [3.05, 3.63) is 29.8 Å². The summed E-state index contributed by atoms with van der Waals surface area (Å²) in [6.07, 6.45) is -4.77. The van der Waals surface area contributed by atoms with E-state index in [0.29, 0.717) is 5.92 Å². The fourth-order valence-electron chi connectivity index (χ4n) is 3.19. The number of hydrogen-bond donors (Lipinski definition) is 2. The molecule has 142 valence electrons. The lowest BCUT2D eigenvalue weighted by molar-refractivity contribution is -0.139.